The smallest absolute Gasteiger partial charge is 0.534 e. The highest BCUT2D eigenvalue weighted by Gasteiger charge is 2.40. The van der Waals surface area contributed by atoms with Crippen molar-refractivity contribution in [1.82, 2.24) is 5.32 Å². The zero-order chi connectivity index (χ0) is 14.3. The summed E-state index contributed by atoms with van der Waals surface area (Å²) in [7, 11) is -1.23. The van der Waals surface area contributed by atoms with E-state index >= 15 is 0 Å². The van der Waals surface area contributed by atoms with E-state index in [-0.39, 0.29) is 23.1 Å². The van der Waals surface area contributed by atoms with Crippen LogP contribution >= 0.6 is 0 Å². The lowest BCUT2D eigenvalue weighted by Gasteiger charge is -2.28. The molecule has 0 spiro atoms. The number of carboxylic acids is 1. The number of benzene rings is 1. The van der Waals surface area contributed by atoms with Gasteiger partial charge in [0.2, 0.25) is 5.91 Å². The fourth-order valence-corrected chi connectivity index (χ4v) is 2.36. The average molecular weight is 275 g/mol. The molecule has 20 heavy (non-hydrogen) atoms. The summed E-state index contributed by atoms with van der Waals surface area (Å²) in [6.07, 6.45) is 2.13. The Morgan fingerprint density at radius 1 is 1.35 bits per heavy atom. The van der Waals surface area contributed by atoms with Gasteiger partial charge in [-0.15, -0.1) is 0 Å². The first-order valence-electron chi connectivity index (χ1n) is 6.56. The van der Waals surface area contributed by atoms with Gasteiger partial charge in [-0.2, -0.15) is 0 Å². The Morgan fingerprint density at radius 3 is 2.75 bits per heavy atom. The first-order chi connectivity index (χ1) is 9.56. The Labute approximate surface area is 115 Å². The van der Waals surface area contributed by atoms with Gasteiger partial charge in [0.05, 0.1) is 11.5 Å². The fourth-order valence-electron chi connectivity index (χ4n) is 2.36. The Bertz CT molecular complexity index is 572. The van der Waals surface area contributed by atoms with Crippen molar-refractivity contribution < 1.29 is 24.4 Å². The van der Waals surface area contributed by atoms with Gasteiger partial charge in [-0.1, -0.05) is 12.1 Å². The summed E-state index contributed by atoms with van der Waals surface area (Å²) >= 11 is 0. The minimum atomic E-state index is -1.23. The Morgan fingerprint density at radius 2 is 2.10 bits per heavy atom. The van der Waals surface area contributed by atoms with Gasteiger partial charge in [0.25, 0.3) is 0 Å². The molecule has 0 radical (unpaired) electrons. The van der Waals surface area contributed by atoms with E-state index in [4.69, 9.17) is 9.76 Å². The Hall–Kier alpha value is -2.02. The number of hydrogen-bond acceptors (Lipinski definition) is 4. The van der Waals surface area contributed by atoms with Crippen LogP contribution in [0.15, 0.2) is 18.2 Å². The summed E-state index contributed by atoms with van der Waals surface area (Å²) in [6.45, 7) is 0. The van der Waals surface area contributed by atoms with Crippen LogP contribution in [-0.4, -0.2) is 35.1 Å². The second-order valence-electron chi connectivity index (χ2n) is 5.20. The maximum absolute atomic E-state index is 11.7. The van der Waals surface area contributed by atoms with E-state index in [0.717, 1.165) is 12.8 Å². The molecule has 2 aliphatic rings. The monoisotopic (exact) mass is 275 g/mol. The molecule has 7 heteroatoms. The summed E-state index contributed by atoms with van der Waals surface area (Å²) in [6, 6.07) is 4.80. The van der Waals surface area contributed by atoms with Crippen molar-refractivity contribution in [1.29, 1.82) is 0 Å². The summed E-state index contributed by atoms with van der Waals surface area (Å²) in [4.78, 5) is 22.8. The molecule has 3 rings (SSSR count). The van der Waals surface area contributed by atoms with Crippen LogP contribution in [0.25, 0.3) is 0 Å². The first kappa shape index (κ1) is 13.0. The highest BCUT2D eigenvalue weighted by molar-refractivity contribution is 6.47. The fraction of sp³-hybridized carbons (Fsp3) is 0.385. The molecular weight excluding hydrogens is 261 g/mol. The number of hydrogen-bond donors (Lipinski definition) is 3. The molecule has 1 amide bonds. The van der Waals surface area contributed by atoms with Crippen molar-refractivity contribution in [2.75, 3.05) is 0 Å². The van der Waals surface area contributed by atoms with Crippen molar-refractivity contribution in [3.63, 3.8) is 0 Å². The molecule has 1 aromatic rings. The van der Waals surface area contributed by atoms with Crippen molar-refractivity contribution >= 4 is 19.0 Å². The summed E-state index contributed by atoms with van der Waals surface area (Å²) < 4.78 is 5.30. The molecule has 1 fully saturated rings. The van der Waals surface area contributed by atoms with E-state index < -0.39 is 19.0 Å². The van der Waals surface area contributed by atoms with Gasteiger partial charge in [0, 0.05) is 5.92 Å². The van der Waals surface area contributed by atoms with E-state index in [0.29, 0.717) is 12.0 Å². The molecule has 1 atom stereocenters. The lowest BCUT2D eigenvalue weighted by Crippen LogP contribution is -2.53. The molecule has 1 aliphatic heterocycles. The van der Waals surface area contributed by atoms with Crippen LogP contribution in [0.3, 0.4) is 0 Å². The second-order valence-corrected chi connectivity index (χ2v) is 5.20. The van der Waals surface area contributed by atoms with Crippen LogP contribution in [0, 0.1) is 5.92 Å². The number of carbonyl (C=O) groups excluding carboxylic acids is 1. The third-order valence-corrected chi connectivity index (χ3v) is 3.63. The van der Waals surface area contributed by atoms with Gasteiger partial charge in [-0.3, -0.25) is 4.79 Å². The summed E-state index contributed by atoms with van der Waals surface area (Å²) in [5.74, 6) is -1.48. The molecular formula is C13H14BNO5. The van der Waals surface area contributed by atoms with E-state index in [1.807, 2.05) is 0 Å². The molecule has 1 unspecified atom stereocenters. The van der Waals surface area contributed by atoms with Crippen LogP contribution in [-0.2, 0) is 11.2 Å². The number of carbonyl (C=O) groups is 2. The summed E-state index contributed by atoms with van der Waals surface area (Å²) in [5.41, 5.74) is 0.699. The van der Waals surface area contributed by atoms with Crippen LogP contribution in [0.4, 0.5) is 0 Å². The quantitative estimate of drug-likeness (QED) is 0.686. The molecule has 1 saturated carbocycles. The van der Waals surface area contributed by atoms with Crippen LogP contribution < -0.4 is 9.97 Å². The van der Waals surface area contributed by atoms with E-state index in [9.17, 15) is 14.6 Å². The second kappa shape index (κ2) is 4.83. The normalized spacial score (nSPS) is 20.9. The molecule has 1 aromatic carbocycles. The molecule has 6 nitrogen and oxygen atoms in total. The van der Waals surface area contributed by atoms with E-state index in [1.165, 1.54) is 6.07 Å². The zero-order valence-corrected chi connectivity index (χ0v) is 10.7. The van der Waals surface area contributed by atoms with Gasteiger partial charge < -0.3 is 20.1 Å². The van der Waals surface area contributed by atoms with Gasteiger partial charge in [-0.05, 0) is 30.9 Å². The van der Waals surface area contributed by atoms with E-state index in [1.54, 1.807) is 12.1 Å². The third-order valence-electron chi connectivity index (χ3n) is 3.63. The predicted molar refractivity (Wildman–Crippen MR) is 70.4 cm³/mol. The Balaban J connectivity index is 1.81. The molecule has 0 bridgehead atoms. The zero-order valence-electron chi connectivity index (χ0n) is 10.7. The van der Waals surface area contributed by atoms with Gasteiger partial charge in [-0.25, -0.2) is 4.79 Å². The predicted octanol–water partition coefficient (Wildman–Crippen LogP) is 0.234. The highest BCUT2D eigenvalue weighted by atomic mass is 16.5. The number of amides is 1. The lowest BCUT2D eigenvalue weighted by atomic mass is 9.72. The van der Waals surface area contributed by atoms with Crippen LogP contribution in [0.1, 0.15) is 28.8 Å². The van der Waals surface area contributed by atoms with Crippen molar-refractivity contribution in [2.45, 2.75) is 25.2 Å². The number of aromatic carboxylic acids is 1. The topological polar surface area (TPSA) is 95.9 Å². The van der Waals surface area contributed by atoms with Gasteiger partial charge in [0.15, 0.2) is 0 Å². The molecule has 104 valence electrons. The van der Waals surface area contributed by atoms with Crippen molar-refractivity contribution in [3.05, 3.63) is 29.3 Å². The number of fused-ring (bicyclic) bond motifs is 1. The van der Waals surface area contributed by atoms with Gasteiger partial charge >= 0.3 is 13.1 Å². The molecule has 1 aliphatic carbocycles. The lowest BCUT2D eigenvalue weighted by molar-refractivity contribution is -0.122. The summed E-state index contributed by atoms with van der Waals surface area (Å²) in [5, 5.41) is 21.8. The van der Waals surface area contributed by atoms with Crippen molar-refractivity contribution in [3.8, 4) is 5.75 Å². The first-order valence-corrected chi connectivity index (χ1v) is 6.56. The van der Waals surface area contributed by atoms with Crippen LogP contribution in [0.5, 0.6) is 5.75 Å². The highest BCUT2D eigenvalue weighted by Crippen LogP contribution is 2.32. The van der Waals surface area contributed by atoms with E-state index in [2.05, 4.69) is 5.32 Å². The molecule has 0 saturated heterocycles. The average Bonchev–Trinajstić information content (AvgIpc) is 3.23. The molecule has 3 N–H and O–H groups in total. The number of nitrogens with one attached hydrogen (secondary N) is 1. The maximum atomic E-state index is 11.7. The number of para-hydroxylation sites is 1. The van der Waals surface area contributed by atoms with Crippen LogP contribution in [0.2, 0.25) is 0 Å². The maximum Gasteiger partial charge on any atom is 0.547 e. The molecule has 1 heterocycles. The minimum absolute atomic E-state index is 0.0218. The van der Waals surface area contributed by atoms with Gasteiger partial charge in [0.1, 0.15) is 5.75 Å². The minimum Gasteiger partial charge on any atom is -0.534 e. The Kier molecular flexibility index (Phi) is 3.14. The SMILES string of the molecule is O=C(O)c1cccc2c1OB(O)C(NC(=O)C1CC1)C2. The largest absolute Gasteiger partial charge is 0.547 e. The number of rotatable bonds is 3. The molecule has 0 aromatic heterocycles. The third kappa shape index (κ3) is 2.36. The number of carboxylic acid groups (broad SMARTS) is 1. The van der Waals surface area contributed by atoms with Crippen molar-refractivity contribution in [2.24, 2.45) is 5.92 Å². The standard InChI is InChI=1S/C13H14BNO5/c16-12(7-4-5-7)15-10-6-8-2-1-3-9(13(17)18)11(8)20-14(10)19/h1-3,7,10,19H,4-6H2,(H,15,16)(H,17,18).